The number of piperidine rings is 1. The Kier molecular flexibility index (Phi) is 7.17. The number of nitrogens with one attached hydrogen (secondary N) is 1. The number of thioether (sulfide) groups is 1. The van der Waals surface area contributed by atoms with Crippen LogP contribution in [0.15, 0.2) is 23.1 Å². The lowest BCUT2D eigenvalue weighted by molar-refractivity contribution is -0.138. The zero-order valence-electron chi connectivity index (χ0n) is 18.3. The number of hydrogen-bond acceptors (Lipinski definition) is 5. The molecule has 0 aromatic heterocycles. The van der Waals surface area contributed by atoms with Crippen LogP contribution in [0.4, 0.5) is 5.69 Å². The van der Waals surface area contributed by atoms with Crippen LogP contribution >= 0.6 is 11.8 Å². The molecule has 3 amide bonds. The van der Waals surface area contributed by atoms with Gasteiger partial charge in [-0.1, -0.05) is 13.3 Å². The summed E-state index contributed by atoms with van der Waals surface area (Å²) < 4.78 is 0. The van der Waals surface area contributed by atoms with Crippen LogP contribution in [0.2, 0.25) is 0 Å². The Morgan fingerprint density at radius 1 is 1.13 bits per heavy atom. The van der Waals surface area contributed by atoms with Crippen molar-refractivity contribution in [3.63, 3.8) is 0 Å². The van der Waals surface area contributed by atoms with Crippen molar-refractivity contribution < 1.29 is 14.4 Å². The third-order valence-corrected chi connectivity index (χ3v) is 7.50. The van der Waals surface area contributed by atoms with Gasteiger partial charge in [0.2, 0.25) is 11.8 Å². The van der Waals surface area contributed by atoms with Gasteiger partial charge in [-0.2, -0.15) is 0 Å². The summed E-state index contributed by atoms with van der Waals surface area (Å²) in [5, 5.41) is 2.85. The molecule has 7 nitrogen and oxygen atoms in total. The van der Waals surface area contributed by atoms with Crippen LogP contribution in [0.3, 0.4) is 0 Å². The van der Waals surface area contributed by atoms with Gasteiger partial charge in [-0.15, -0.1) is 11.8 Å². The van der Waals surface area contributed by atoms with Crippen LogP contribution in [-0.4, -0.2) is 84.0 Å². The van der Waals surface area contributed by atoms with E-state index in [9.17, 15) is 14.4 Å². The number of carbonyl (C=O) groups is 3. The largest absolute Gasteiger partial charge is 0.340 e. The molecule has 2 fully saturated rings. The highest BCUT2D eigenvalue weighted by atomic mass is 32.2. The van der Waals surface area contributed by atoms with Crippen molar-refractivity contribution >= 4 is 35.2 Å². The molecule has 0 bridgehead atoms. The van der Waals surface area contributed by atoms with Gasteiger partial charge in [0.15, 0.2) is 0 Å². The topological polar surface area (TPSA) is 73.0 Å². The number of fused-ring (bicyclic) bond motifs is 1. The Labute approximate surface area is 188 Å². The third kappa shape index (κ3) is 5.23. The smallest absolute Gasteiger partial charge is 0.253 e. The monoisotopic (exact) mass is 444 g/mol. The normalized spacial score (nSPS) is 22.1. The molecule has 8 heteroatoms. The molecule has 2 saturated heterocycles. The van der Waals surface area contributed by atoms with E-state index in [4.69, 9.17) is 0 Å². The van der Waals surface area contributed by atoms with Gasteiger partial charge in [0, 0.05) is 49.7 Å². The van der Waals surface area contributed by atoms with Crippen molar-refractivity contribution in [3.05, 3.63) is 23.8 Å². The number of hydrogen-bond donors (Lipinski definition) is 1. The maximum Gasteiger partial charge on any atom is 0.253 e. The summed E-state index contributed by atoms with van der Waals surface area (Å²) in [6.07, 6.45) is 4.09. The number of amides is 3. The fraction of sp³-hybridized carbons (Fsp3) is 0.609. The molecule has 4 rings (SSSR count). The van der Waals surface area contributed by atoms with Gasteiger partial charge in [-0.25, -0.2) is 0 Å². The molecule has 0 spiro atoms. The summed E-state index contributed by atoms with van der Waals surface area (Å²) >= 11 is 1.49. The quantitative estimate of drug-likeness (QED) is 0.756. The van der Waals surface area contributed by atoms with Gasteiger partial charge in [-0.05, 0) is 44.0 Å². The summed E-state index contributed by atoms with van der Waals surface area (Å²) in [6, 6.07) is 5.49. The van der Waals surface area contributed by atoms with E-state index in [1.165, 1.54) is 24.6 Å². The minimum Gasteiger partial charge on any atom is -0.340 e. The van der Waals surface area contributed by atoms with Gasteiger partial charge < -0.3 is 15.1 Å². The summed E-state index contributed by atoms with van der Waals surface area (Å²) in [4.78, 5) is 45.2. The highest BCUT2D eigenvalue weighted by Gasteiger charge is 2.33. The maximum atomic E-state index is 13.1. The SMILES string of the molecule is CCCCN1CCN(C(=O)C2CCCN(C(=O)c3ccc4c(c3)NC(=O)CS4)C2)CC1. The van der Waals surface area contributed by atoms with Gasteiger partial charge in [0.1, 0.15) is 0 Å². The number of carbonyl (C=O) groups excluding carboxylic acids is 3. The van der Waals surface area contributed by atoms with Gasteiger partial charge in [-0.3, -0.25) is 19.3 Å². The Morgan fingerprint density at radius 3 is 2.71 bits per heavy atom. The second-order valence-corrected chi connectivity index (χ2v) is 9.68. The van der Waals surface area contributed by atoms with E-state index in [0.717, 1.165) is 50.5 Å². The molecule has 3 heterocycles. The highest BCUT2D eigenvalue weighted by molar-refractivity contribution is 8.00. The molecular formula is C23H32N4O3S. The van der Waals surface area contributed by atoms with Crippen LogP contribution in [0.1, 0.15) is 43.0 Å². The number of nitrogens with zero attached hydrogens (tertiary/aromatic N) is 3. The van der Waals surface area contributed by atoms with E-state index in [2.05, 4.69) is 17.1 Å². The minimum atomic E-state index is -0.118. The Balaban J connectivity index is 1.35. The zero-order valence-corrected chi connectivity index (χ0v) is 19.1. The zero-order chi connectivity index (χ0) is 21.8. The lowest BCUT2D eigenvalue weighted by Crippen LogP contribution is -2.53. The van der Waals surface area contributed by atoms with Gasteiger partial charge >= 0.3 is 0 Å². The highest BCUT2D eigenvalue weighted by Crippen LogP contribution is 2.32. The first kappa shape index (κ1) is 22.1. The lowest BCUT2D eigenvalue weighted by Gasteiger charge is -2.39. The van der Waals surface area contributed by atoms with Crippen LogP contribution in [-0.2, 0) is 9.59 Å². The van der Waals surface area contributed by atoms with Crippen LogP contribution < -0.4 is 5.32 Å². The summed E-state index contributed by atoms with van der Waals surface area (Å²) in [7, 11) is 0. The standard InChI is InChI=1S/C23H32N4O3S/c1-2-3-8-25-10-12-26(13-11-25)23(30)18-5-4-9-27(15-18)22(29)17-6-7-20-19(14-17)24-21(28)16-31-20/h6-7,14,18H,2-5,8-13,15-16H2,1H3,(H,24,28). The second-order valence-electron chi connectivity index (χ2n) is 8.66. The first-order valence-corrected chi connectivity index (χ1v) is 12.4. The Hall–Kier alpha value is -2.06. The predicted molar refractivity (Wildman–Crippen MR) is 122 cm³/mol. The van der Waals surface area contributed by atoms with E-state index in [1.54, 1.807) is 6.07 Å². The first-order valence-electron chi connectivity index (χ1n) is 11.4. The molecule has 3 aliphatic heterocycles. The van der Waals surface area contributed by atoms with E-state index in [1.807, 2.05) is 21.9 Å². The Bertz CT molecular complexity index is 838. The average Bonchev–Trinajstić information content (AvgIpc) is 2.81. The molecule has 1 atom stereocenters. The number of unbranched alkanes of at least 4 members (excludes halogenated alkanes) is 1. The molecular weight excluding hydrogens is 412 g/mol. The van der Waals surface area contributed by atoms with Crippen molar-refractivity contribution in [1.82, 2.24) is 14.7 Å². The van der Waals surface area contributed by atoms with Gasteiger partial charge in [0.25, 0.3) is 5.91 Å². The van der Waals surface area contributed by atoms with Crippen molar-refractivity contribution in [2.75, 3.05) is 56.9 Å². The van der Waals surface area contributed by atoms with E-state index in [-0.39, 0.29) is 23.6 Å². The first-order chi connectivity index (χ1) is 15.0. The van der Waals surface area contributed by atoms with Crippen molar-refractivity contribution in [3.8, 4) is 0 Å². The molecule has 0 aliphatic carbocycles. The number of anilines is 1. The molecule has 31 heavy (non-hydrogen) atoms. The molecule has 0 saturated carbocycles. The maximum absolute atomic E-state index is 13.1. The number of piperazine rings is 1. The van der Waals surface area contributed by atoms with E-state index in [0.29, 0.717) is 30.1 Å². The third-order valence-electron chi connectivity index (χ3n) is 6.43. The molecule has 1 unspecified atom stereocenters. The minimum absolute atomic E-state index is 0.0412. The second kappa shape index (κ2) is 10.0. The summed E-state index contributed by atoms with van der Waals surface area (Å²) in [5.74, 6) is 0.382. The number of rotatable bonds is 5. The molecule has 1 aromatic rings. The average molecular weight is 445 g/mol. The predicted octanol–water partition coefficient (Wildman–Crippen LogP) is 2.53. The van der Waals surface area contributed by atoms with E-state index >= 15 is 0 Å². The molecule has 1 aromatic carbocycles. The molecule has 1 N–H and O–H groups in total. The van der Waals surface area contributed by atoms with Crippen molar-refractivity contribution in [2.45, 2.75) is 37.5 Å². The number of likely N-dealkylation sites (tertiary alicyclic amines) is 1. The molecule has 3 aliphatic rings. The van der Waals surface area contributed by atoms with Crippen LogP contribution in [0.5, 0.6) is 0 Å². The lowest BCUT2D eigenvalue weighted by atomic mass is 9.95. The van der Waals surface area contributed by atoms with Crippen LogP contribution in [0.25, 0.3) is 0 Å². The van der Waals surface area contributed by atoms with Crippen molar-refractivity contribution in [2.24, 2.45) is 5.92 Å². The Morgan fingerprint density at radius 2 is 1.94 bits per heavy atom. The summed E-state index contributed by atoms with van der Waals surface area (Å²) in [6.45, 7) is 7.93. The molecule has 168 valence electrons. The van der Waals surface area contributed by atoms with Gasteiger partial charge in [0.05, 0.1) is 17.4 Å². The summed E-state index contributed by atoms with van der Waals surface area (Å²) in [5.41, 5.74) is 1.27. The van der Waals surface area contributed by atoms with Crippen molar-refractivity contribution in [1.29, 1.82) is 0 Å². The number of benzene rings is 1. The molecule has 0 radical (unpaired) electrons. The fourth-order valence-electron chi connectivity index (χ4n) is 4.59. The fourth-order valence-corrected chi connectivity index (χ4v) is 5.38. The van der Waals surface area contributed by atoms with Crippen LogP contribution in [0, 0.1) is 5.92 Å². The van der Waals surface area contributed by atoms with E-state index < -0.39 is 0 Å².